The number of anilines is 2. The Bertz CT molecular complexity index is 6180. The molecule has 122 heavy (non-hydrogen) atoms. The summed E-state index contributed by atoms with van der Waals surface area (Å²) in [6, 6.07) is 72.8. The molecule has 2 aromatic heterocycles. The number of hydrazine groups is 2. The van der Waals surface area contributed by atoms with Crippen LogP contribution >= 0.6 is 47.0 Å². The summed E-state index contributed by atoms with van der Waals surface area (Å²) in [6.45, 7) is 25.8. The van der Waals surface area contributed by atoms with Crippen LogP contribution in [0.2, 0.25) is 0 Å². The number of amides is 6. The number of aromatic nitrogens is 6. The highest BCUT2D eigenvalue weighted by Crippen LogP contribution is 2.57. The van der Waals surface area contributed by atoms with Crippen LogP contribution in [0, 0.1) is 0 Å². The SMILES string of the molecule is CC(C)(C)c1cc2c(OCC(=O)NNC(=O)Nc3ccccc3)c(c1)Sc1cc(C(C)(C)C)cc(c1OCc1cn(Cc3ccc4ccc5cccc6ccc3c4c56)nn1)Sc1cc(C(C)(C)C)cc(c1OCC(=O)NNC(=O)Nc1ccccc1)Sc1cc(C(C)(C)C)cc(c1OCc1cn(Cc3ccc4ccc5cccc6ccc3c4c56)nn1)S2. The maximum absolute atomic E-state index is 14.5. The first-order chi connectivity index (χ1) is 58.5. The highest BCUT2D eigenvalue weighted by Gasteiger charge is 2.33. The largest absolute Gasteiger partial charge is 0.485 e. The Balaban J connectivity index is 0.811. The third-order valence-corrected chi connectivity index (χ3v) is 25.8. The van der Waals surface area contributed by atoms with Gasteiger partial charge in [0.05, 0.1) is 64.6 Å². The molecule has 1 aliphatic rings. The van der Waals surface area contributed by atoms with Crippen LogP contribution in [-0.2, 0) is 57.6 Å². The molecule has 1 aliphatic heterocycles. The van der Waals surface area contributed by atoms with Gasteiger partial charge in [-0.25, -0.2) is 29.8 Å². The predicted molar refractivity (Wildman–Crippen MR) is 489 cm³/mol. The van der Waals surface area contributed by atoms with Crippen LogP contribution in [0.5, 0.6) is 23.0 Å². The topological polar surface area (TPSA) is 239 Å². The Morgan fingerprint density at radius 3 is 0.926 bits per heavy atom. The Kier molecular flexibility index (Phi) is 22.5. The first-order valence-corrected chi connectivity index (χ1v) is 43.7. The summed E-state index contributed by atoms with van der Waals surface area (Å²) in [6.07, 6.45) is 3.86. The molecule has 17 rings (SSSR count). The molecule has 16 aromatic rings. The lowest BCUT2D eigenvalue weighted by molar-refractivity contribution is -0.124. The lowest BCUT2D eigenvalue weighted by Gasteiger charge is -2.28. The number of nitrogens with zero attached hydrogens (tertiary/aromatic N) is 6. The average molecular weight is 1690 g/mol. The molecule has 0 atom stereocenters. The Morgan fingerprint density at radius 1 is 0.328 bits per heavy atom. The number of rotatable bonds is 18. The molecule has 6 N–H and O–H groups in total. The van der Waals surface area contributed by atoms with Gasteiger partial charge in [-0.1, -0.05) is 286 Å². The number of carbonyl (C=O) groups is 4. The van der Waals surface area contributed by atoms with E-state index in [1.54, 1.807) is 48.5 Å². The fraction of sp³-hybridized carbons (Fsp3) is 0.224. The van der Waals surface area contributed by atoms with E-state index in [0.29, 0.717) is 98.0 Å². The number of benzene rings is 14. The van der Waals surface area contributed by atoms with E-state index in [-0.39, 0.29) is 13.2 Å². The molecule has 0 radical (unpaired) electrons. The van der Waals surface area contributed by atoms with E-state index in [4.69, 9.17) is 39.6 Å². The molecule has 0 saturated heterocycles. The summed E-state index contributed by atoms with van der Waals surface area (Å²) in [7, 11) is 0. The third kappa shape index (κ3) is 17.8. The molecule has 8 bridgehead atoms. The Hall–Kier alpha value is -12.5. The van der Waals surface area contributed by atoms with Gasteiger partial charge in [0.25, 0.3) is 11.8 Å². The minimum atomic E-state index is -0.653. The number of fused-ring (bicyclic) bond motifs is 8. The van der Waals surface area contributed by atoms with Crippen molar-refractivity contribution >= 4 is 147 Å². The van der Waals surface area contributed by atoms with E-state index < -0.39 is 58.8 Å². The zero-order valence-electron chi connectivity index (χ0n) is 69.8. The summed E-state index contributed by atoms with van der Waals surface area (Å²) in [4.78, 5) is 61.0. The van der Waals surface area contributed by atoms with E-state index in [1.807, 2.05) is 33.9 Å². The van der Waals surface area contributed by atoms with Gasteiger partial charge in [0.15, 0.2) is 13.2 Å². The highest BCUT2D eigenvalue weighted by molar-refractivity contribution is 8.01. The normalized spacial score (nSPS) is 12.6. The van der Waals surface area contributed by atoms with E-state index >= 15 is 0 Å². The molecule has 24 heteroatoms. The summed E-state index contributed by atoms with van der Waals surface area (Å²) < 4.78 is 32.7. The summed E-state index contributed by atoms with van der Waals surface area (Å²) in [5, 5.41) is 38.9. The second kappa shape index (κ2) is 33.5. The molecule has 14 aromatic carbocycles. The van der Waals surface area contributed by atoms with E-state index in [2.05, 4.69) is 273 Å². The second-order valence-electron chi connectivity index (χ2n) is 34.7. The van der Waals surface area contributed by atoms with E-state index in [9.17, 15) is 19.2 Å². The quantitative estimate of drug-likeness (QED) is 0.0346. The standard InChI is InChI=1S/C98H92N12O8S4/c1-95(2,3)65-41-75-89(115-53-71-51-109(107-101-71)49-63-35-33-61-31-29-57-21-19-23-59-37-39-73(63)87(61)85(57)59)76(42-65)120-80-46-68(98(10,11)12)48-82(92(80)118-56-84(112)104-106-94(114)100-70-27-17-14-18-28-70)122-78-44-66(96(4,5)6)43-77(121-81-47-67(97(7,8)9)45-79(119-75)91(81)117-55-83(111)103-105-93(113)99-69-25-15-13-16-26-69)90(78)116-54-72-52-110(108-102-72)50-64-36-34-62-32-30-58-22-20-24-60-38-40-74(64)88(62)86(58)60/h13-48,51-52H,49-50,53-56H2,1-12H3,(H,103,111)(H,104,112)(H2,99,105,113)(H2,100,106,114). The number of nitrogens with one attached hydrogen (secondary N) is 6. The van der Waals surface area contributed by atoms with Gasteiger partial charge in [0.2, 0.25) is 0 Å². The van der Waals surface area contributed by atoms with Crippen LogP contribution in [0.25, 0.3) is 64.6 Å². The van der Waals surface area contributed by atoms with Gasteiger partial charge in [-0.05, 0) is 192 Å². The molecule has 0 aliphatic carbocycles. The molecule has 0 unspecified atom stereocenters. The van der Waals surface area contributed by atoms with Gasteiger partial charge < -0.3 is 29.6 Å². The van der Waals surface area contributed by atoms with Gasteiger partial charge in [0, 0.05) is 11.4 Å². The van der Waals surface area contributed by atoms with Crippen molar-refractivity contribution in [2.45, 2.75) is 170 Å². The Labute approximate surface area is 724 Å². The maximum Gasteiger partial charge on any atom is 0.337 e. The monoisotopic (exact) mass is 1690 g/mol. The van der Waals surface area contributed by atoms with Gasteiger partial charge in [-0.2, -0.15) is 0 Å². The number of para-hydroxylation sites is 2. The minimum absolute atomic E-state index is 0.0192. The van der Waals surface area contributed by atoms with Crippen molar-refractivity contribution in [3.05, 3.63) is 276 Å². The predicted octanol–water partition coefficient (Wildman–Crippen LogP) is 22.5. The van der Waals surface area contributed by atoms with Crippen LogP contribution in [-0.4, -0.2) is 67.1 Å². The molecular formula is C98H92N12O8S4. The molecule has 0 spiro atoms. The first-order valence-electron chi connectivity index (χ1n) is 40.4. The number of carbonyl (C=O) groups excluding carboxylic acids is 4. The van der Waals surface area contributed by atoms with Gasteiger partial charge in [-0.15, -0.1) is 10.2 Å². The highest BCUT2D eigenvalue weighted by atomic mass is 32.2. The minimum Gasteiger partial charge on any atom is -0.485 e. The van der Waals surface area contributed by atoms with Crippen molar-refractivity contribution in [1.82, 2.24) is 51.7 Å². The van der Waals surface area contributed by atoms with E-state index in [1.165, 1.54) is 101 Å². The fourth-order valence-electron chi connectivity index (χ4n) is 15.1. The van der Waals surface area contributed by atoms with Gasteiger partial charge in [0.1, 0.15) is 47.6 Å². The van der Waals surface area contributed by atoms with Crippen molar-refractivity contribution in [1.29, 1.82) is 0 Å². The average Bonchev–Trinajstić information content (AvgIpc) is 0.776. The smallest absolute Gasteiger partial charge is 0.337 e. The zero-order valence-corrected chi connectivity index (χ0v) is 73.0. The molecule has 0 saturated carbocycles. The molecule has 6 amide bonds. The lowest BCUT2D eigenvalue weighted by atomic mass is 9.87. The summed E-state index contributed by atoms with van der Waals surface area (Å²) >= 11 is 5.74. The molecule has 616 valence electrons. The lowest BCUT2D eigenvalue weighted by Crippen LogP contribution is -2.45. The van der Waals surface area contributed by atoms with Crippen molar-refractivity contribution in [2.75, 3.05) is 23.8 Å². The van der Waals surface area contributed by atoms with Crippen molar-refractivity contribution in [3.8, 4) is 23.0 Å². The van der Waals surface area contributed by atoms with Crippen LogP contribution in [0.3, 0.4) is 0 Å². The summed E-state index contributed by atoms with van der Waals surface area (Å²) in [5.41, 5.74) is 16.5. The molecular weight excluding hydrogens is 1600 g/mol. The molecule has 3 heterocycles. The van der Waals surface area contributed by atoms with Crippen molar-refractivity contribution in [2.24, 2.45) is 0 Å². The number of urea groups is 2. The van der Waals surface area contributed by atoms with Crippen LogP contribution in [0.15, 0.2) is 270 Å². The molecule has 20 nitrogen and oxygen atoms in total. The van der Waals surface area contributed by atoms with Crippen LogP contribution < -0.4 is 51.3 Å². The van der Waals surface area contributed by atoms with Crippen molar-refractivity contribution in [3.63, 3.8) is 0 Å². The third-order valence-electron chi connectivity index (χ3n) is 21.6. The number of hydrogen-bond donors (Lipinski definition) is 6. The number of hydrogen-bond acceptors (Lipinski definition) is 16. The second-order valence-corrected chi connectivity index (χ2v) is 39.1. The van der Waals surface area contributed by atoms with Gasteiger partial charge in [-0.3, -0.25) is 20.4 Å². The van der Waals surface area contributed by atoms with Crippen molar-refractivity contribution < 1.29 is 38.1 Å². The van der Waals surface area contributed by atoms with Crippen LogP contribution in [0.4, 0.5) is 21.0 Å². The first kappa shape index (κ1) is 81.9. The molecule has 0 fully saturated rings. The van der Waals surface area contributed by atoms with Gasteiger partial charge >= 0.3 is 12.1 Å². The summed E-state index contributed by atoms with van der Waals surface area (Å²) in [5.74, 6) is 0.463. The fourth-order valence-corrected chi connectivity index (χ4v) is 19.9. The van der Waals surface area contributed by atoms with Crippen LogP contribution in [0.1, 0.15) is 128 Å². The Morgan fingerprint density at radius 2 is 0.615 bits per heavy atom. The maximum atomic E-state index is 14.5. The van der Waals surface area contributed by atoms with E-state index in [0.717, 1.165) is 44.2 Å². The number of ether oxygens (including phenoxy) is 4. The zero-order chi connectivity index (χ0) is 84.9.